The third-order valence-corrected chi connectivity index (χ3v) is 3.64. The van der Waals surface area contributed by atoms with Gasteiger partial charge in [-0.2, -0.15) is 5.26 Å². The van der Waals surface area contributed by atoms with E-state index in [1.54, 1.807) is 17.4 Å². The Hall–Kier alpha value is -1.64. The first kappa shape index (κ1) is 16.4. The molecular weight excluding hydrogens is 272 g/mol. The zero-order valence-electron chi connectivity index (χ0n) is 11.9. The first-order chi connectivity index (χ1) is 9.52. The smallest absolute Gasteiger partial charge is 0.328 e. The first-order valence-corrected chi connectivity index (χ1v) is 7.47. The predicted molar refractivity (Wildman–Crippen MR) is 81.3 cm³/mol. The Morgan fingerprint density at radius 2 is 2.35 bits per heavy atom. The van der Waals surface area contributed by atoms with E-state index in [0.29, 0.717) is 12.3 Å². The van der Waals surface area contributed by atoms with Crippen molar-refractivity contribution in [3.05, 3.63) is 28.0 Å². The molecule has 0 bridgehead atoms. The van der Waals surface area contributed by atoms with Crippen LogP contribution in [0.5, 0.6) is 0 Å². The van der Waals surface area contributed by atoms with Crippen LogP contribution in [0.2, 0.25) is 0 Å². The number of carboxylic acid groups (broad SMARTS) is 1. The van der Waals surface area contributed by atoms with Crippen molar-refractivity contribution in [3.8, 4) is 6.07 Å². The Morgan fingerprint density at radius 3 is 2.95 bits per heavy atom. The second-order valence-electron chi connectivity index (χ2n) is 5.01. The Bertz CT molecular complexity index is 500. The summed E-state index contributed by atoms with van der Waals surface area (Å²) in [4.78, 5) is 14.0. The quantitative estimate of drug-likeness (QED) is 0.747. The minimum absolute atomic E-state index is 0.512. The van der Waals surface area contributed by atoms with Crippen LogP contribution in [0.15, 0.2) is 17.5 Å². The van der Waals surface area contributed by atoms with Crippen molar-refractivity contribution in [2.75, 3.05) is 13.1 Å². The number of carbonyl (C=O) groups is 1. The summed E-state index contributed by atoms with van der Waals surface area (Å²) in [5.74, 6) is -0.405. The molecule has 0 atom stereocenters. The molecule has 5 heteroatoms. The summed E-state index contributed by atoms with van der Waals surface area (Å²) in [7, 11) is 0. The van der Waals surface area contributed by atoms with Crippen molar-refractivity contribution in [3.63, 3.8) is 0 Å². The number of nitrogens with zero attached hydrogens (tertiary/aromatic N) is 2. The van der Waals surface area contributed by atoms with E-state index < -0.39 is 5.97 Å². The Labute approximate surface area is 124 Å². The second kappa shape index (κ2) is 8.51. The van der Waals surface area contributed by atoms with Crippen molar-refractivity contribution < 1.29 is 9.90 Å². The molecule has 0 spiro atoms. The van der Waals surface area contributed by atoms with Crippen molar-refractivity contribution >= 4 is 23.4 Å². The number of aliphatic carboxylic acids is 1. The van der Waals surface area contributed by atoms with E-state index in [1.165, 1.54) is 0 Å². The molecule has 0 radical (unpaired) electrons. The number of carboxylic acids is 1. The number of nitriles is 1. The van der Waals surface area contributed by atoms with E-state index in [4.69, 9.17) is 10.4 Å². The number of thiophene rings is 1. The fourth-order valence-corrected chi connectivity index (χ4v) is 2.86. The molecule has 0 saturated carbocycles. The van der Waals surface area contributed by atoms with E-state index in [-0.39, 0.29) is 0 Å². The summed E-state index contributed by atoms with van der Waals surface area (Å²) in [6, 6.07) is 4.10. The van der Waals surface area contributed by atoms with Crippen LogP contribution >= 0.6 is 11.3 Å². The molecule has 0 aliphatic heterocycles. The van der Waals surface area contributed by atoms with Crippen LogP contribution in [-0.2, 0) is 11.3 Å². The van der Waals surface area contributed by atoms with E-state index in [2.05, 4.69) is 24.8 Å². The number of rotatable bonds is 8. The van der Waals surface area contributed by atoms with E-state index in [1.807, 2.05) is 11.4 Å². The first-order valence-electron chi connectivity index (χ1n) is 6.59. The van der Waals surface area contributed by atoms with Crippen LogP contribution in [0.3, 0.4) is 0 Å². The normalized spacial score (nSPS) is 11.3. The molecule has 0 unspecified atom stereocenters. The highest BCUT2D eigenvalue weighted by molar-refractivity contribution is 7.10. The van der Waals surface area contributed by atoms with Gasteiger partial charge in [-0.1, -0.05) is 13.8 Å². The molecule has 0 aliphatic rings. The van der Waals surface area contributed by atoms with E-state index in [9.17, 15) is 4.79 Å². The fourth-order valence-electron chi connectivity index (χ4n) is 1.95. The highest BCUT2D eigenvalue weighted by Gasteiger charge is 2.11. The van der Waals surface area contributed by atoms with Crippen molar-refractivity contribution in [2.45, 2.75) is 26.8 Å². The third kappa shape index (κ3) is 6.00. The lowest BCUT2D eigenvalue weighted by Crippen LogP contribution is -2.28. The molecule has 0 saturated heterocycles. The average Bonchev–Trinajstić information content (AvgIpc) is 2.80. The molecular formula is C15H20N2O2S. The van der Waals surface area contributed by atoms with Crippen LogP contribution in [0.1, 0.15) is 30.7 Å². The SMILES string of the molecule is CC(C)CN(CCC#N)Cc1sccc1C=CC(=O)O. The highest BCUT2D eigenvalue weighted by atomic mass is 32.1. The fraction of sp³-hybridized carbons (Fsp3) is 0.467. The number of hydrogen-bond acceptors (Lipinski definition) is 4. The van der Waals surface area contributed by atoms with Crippen molar-refractivity contribution in [2.24, 2.45) is 5.92 Å². The minimum Gasteiger partial charge on any atom is -0.478 e. The van der Waals surface area contributed by atoms with Crippen molar-refractivity contribution in [1.29, 1.82) is 5.26 Å². The van der Waals surface area contributed by atoms with Crippen LogP contribution in [-0.4, -0.2) is 29.1 Å². The van der Waals surface area contributed by atoms with Gasteiger partial charge in [0, 0.05) is 37.0 Å². The molecule has 1 aromatic heterocycles. The van der Waals surface area contributed by atoms with Gasteiger partial charge in [0.15, 0.2) is 0 Å². The maximum Gasteiger partial charge on any atom is 0.328 e. The minimum atomic E-state index is -0.939. The van der Waals surface area contributed by atoms with Gasteiger partial charge in [-0.05, 0) is 29.0 Å². The second-order valence-corrected chi connectivity index (χ2v) is 6.01. The highest BCUT2D eigenvalue weighted by Crippen LogP contribution is 2.21. The van der Waals surface area contributed by atoms with Crippen LogP contribution in [0.25, 0.3) is 6.08 Å². The summed E-state index contributed by atoms with van der Waals surface area (Å²) < 4.78 is 0. The maximum absolute atomic E-state index is 10.6. The predicted octanol–water partition coefficient (Wildman–Crippen LogP) is 3.22. The largest absolute Gasteiger partial charge is 0.478 e. The van der Waals surface area contributed by atoms with Crippen LogP contribution in [0, 0.1) is 17.2 Å². The molecule has 0 aromatic carbocycles. The molecule has 1 heterocycles. The summed E-state index contributed by atoms with van der Waals surface area (Å²) in [6.07, 6.45) is 3.30. The van der Waals surface area contributed by atoms with Gasteiger partial charge < -0.3 is 5.11 Å². The van der Waals surface area contributed by atoms with Gasteiger partial charge >= 0.3 is 5.97 Å². The molecule has 0 aliphatic carbocycles. The van der Waals surface area contributed by atoms with E-state index >= 15 is 0 Å². The summed E-state index contributed by atoms with van der Waals surface area (Å²) in [5, 5.41) is 19.4. The van der Waals surface area contributed by atoms with Crippen LogP contribution < -0.4 is 0 Å². The van der Waals surface area contributed by atoms with Gasteiger partial charge in [-0.15, -0.1) is 11.3 Å². The summed E-state index contributed by atoms with van der Waals surface area (Å²) in [5.41, 5.74) is 0.947. The average molecular weight is 292 g/mol. The van der Waals surface area contributed by atoms with Gasteiger partial charge in [0.05, 0.1) is 6.07 Å². The Balaban J connectivity index is 2.75. The summed E-state index contributed by atoms with van der Waals surface area (Å²) in [6.45, 7) is 6.74. The molecule has 108 valence electrons. The standard InChI is InChI=1S/C15H20N2O2S/c1-12(2)10-17(8-3-7-16)11-14-13(6-9-20-14)4-5-15(18)19/h4-6,9,12H,3,8,10-11H2,1-2H3,(H,18,19). The molecule has 4 nitrogen and oxygen atoms in total. The van der Waals surface area contributed by atoms with Gasteiger partial charge in [0.1, 0.15) is 0 Å². The molecule has 1 aromatic rings. The topological polar surface area (TPSA) is 64.3 Å². The zero-order valence-corrected chi connectivity index (χ0v) is 12.7. The molecule has 1 rings (SSSR count). The van der Waals surface area contributed by atoms with Gasteiger partial charge in [-0.3, -0.25) is 4.90 Å². The van der Waals surface area contributed by atoms with Crippen molar-refractivity contribution in [1.82, 2.24) is 4.90 Å². The molecule has 0 fully saturated rings. The van der Waals surface area contributed by atoms with Crippen LogP contribution in [0.4, 0.5) is 0 Å². The Kier molecular flexibility index (Phi) is 6.99. The lowest BCUT2D eigenvalue weighted by Gasteiger charge is -2.22. The van der Waals surface area contributed by atoms with E-state index in [0.717, 1.165) is 36.2 Å². The lowest BCUT2D eigenvalue weighted by molar-refractivity contribution is -0.131. The molecule has 20 heavy (non-hydrogen) atoms. The molecule has 0 amide bonds. The summed E-state index contributed by atoms with van der Waals surface area (Å²) >= 11 is 1.62. The zero-order chi connectivity index (χ0) is 15.0. The monoisotopic (exact) mass is 292 g/mol. The maximum atomic E-state index is 10.6. The number of hydrogen-bond donors (Lipinski definition) is 1. The van der Waals surface area contributed by atoms with Gasteiger partial charge in [0.2, 0.25) is 0 Å². The van der Waals surface area contributed by atoms with Gasteiger partial charge in [0.25, 0.3) is 0 Å². The lowest BCUT2D eigenvalue weighted by atomic mass is 10.1. The van der Waals surface area contributed by atoms with Gasteiger partial charge in [-0.25, -0.2) is 4.79 Å². The Morgan fingerprint density at radius 1 is 1.60 bits per heavy atom. The molecule has 1 N–H and O–H groups in total. The third-order valence-electron chi connectivity index (χ3n) is 2.72.